The molecule has 4 bridgehead atoms. The minimum absolute atomic E-state index is 0.0901. The van der Waals surface area contributed by atoms with Crippen LogP contribution in [0.5, 0.6) is 11.5 Å². The monoisotopic (exact) mass is 527 g/mol. The zero-order valence-corrected chi connectivity index (χ0v) is 23.2. The molecule has 0 unspecified atom stereocenters. The van der Waals surface area contributed by atoms with Crippen LogP contribution in [0, 0.1) is 17.8 Å². The number of rotatable bonds is 12. The van der Waals surface area contributed by atoms with Crippen molar-refractivity contribution in [3.8, 4) is 11.5 Å². The van der Waals surface area contributed by atoms with E-state index in [1.165, 1.54) is 60.8 Å². The fourth-order valence-electron chi connectivity index (χ4n) is 7.91. The van der Waals surface area contributed by atoms with Crippen LogP contribution in [0.15, 0.2) is 72.8 Å². The van der Waals surface area contributed by atoms with Crippen molar-refractivity contribution in [2.75, 3.05) is 27.8 Å². The van der Waals surface area contributed by atoms with E-state index in [-0.39, 0.29) is 19.5 Å². The van der Waals surface area contributed by atoms with Gasteiger partial charge >= 0.3 is 0 Å². The van der Waals surface area contributed by atoms with Crippen molar-refractivity contribution in [2.24, 2.45) is 17.8 Å². The predicted molar refractivity (Wildman–Crippen MR) is 153 cm³/mol. The maximum atomic E-state index is 5.67. The van der Waals surface area contributed by atoms with Crippen LogP contribution >= 0.6 is 0 Å². The summed E-state index contributed by atoms with van der Waals surface area (Å²) in [6.07, 6.45) is 8.47. The third-order valence-corrected chi connectivity index (χ3v) is 9.17. The summed E-state index contributed by atoms with van der Waals surface area (Å²) in [5, 5.41) is 4.14. The minimum Gasteiger partial charge on any atom is -0.468 e. The Kier molecular flexibility index (Phi) is 7.92. The summed E-state index contributed by atoms with van der Waals surface area (Å²) in [5.41, 5.74) is 5.50. The second kappa shape index (κ2) is 11.7. The second-order valence-corrected chi connectivity index (χ2v) is 11.9. The van der Waals surface area contributed by atoms with E-state index >= 15 is 0 Å². The van der Waals surface area contributed by atoms with Gasteiger partial charge in [0.15, 0.2) is 13.6 Å². The van der Waals surface area contributed by atoms with Gasteiger partial charge < -0.3 is 24.3 Å². The van der Waals surface area contributed by atoms with Crippen LogP contribution in [0.25, 0.3) is 0 Å². The molecule has 0 aromatic heterocycles. The molecule has 0 aliphatic heterocycles. The highest BCUT2D eigenvalue weighted by Gasteiger charge is 2.50. The van der Waals surface area contributed by atoms with E-state index in [0.717, 1.165) is 35.8 Å². The molecule has 0 spiro atoms. The largest absolute Gasteiger partial charge is 0.468 e. The van der Waals surface area contributed by atoms with Gasteiger partial charge in [0.05, 0.1) is 0 Å². The zero-order valence-electron chi connectivity index (χ0n) is 23.2. The molecule has 4 saturated carbocycles. The molecular formula is C34H41NO4. The van der Waals surface area contributed by atoms with Crippen LogP contribution in [-0.4, -0.2) is 33.3 Å². The van der Waals surface area contributed by atoms with Crippen LogP contribution in [-0.2, 0) is 16.0 Å². The normalized spacial score (nSPS) is 25.3. The van der Waals surface area contributed by atoms with Gasteiger partial charge in [0, 0.05) is 32.2 Å². The van der Waals surface area contributed by atoms with Crippen molar-refractivity contribution < 1.29 is 18.9 Å². The molecule has 39 heavy (non-hydrogen) atoms. The van der Waals surface area contributed by atoms with Crippen LogP contribution in [0.4, 0.5) is 0 Å². The van der Waals surface area contributed by atoms with Gasteiger partial charge in [-0.1, -0.05) is 48.5 Å². The third-order valence-electron chi connectivity index (χ3n) is 9.17. The van der Waals surface area contributed by atoms with E-state index in [2.05, 4.69) is 53.8 Å². The van der Waals surface area contributed by atoms with Crippen molar-refractivity contribution in [3.05, 3.63) is 95.1 Å². The van der Waals surface area contributed by atoms with Gasteiger partial charge in [-0.05, 0) is 103 Å². The van der Waals surface area contributed by atoms with Crippen LogP contribution in [0.2, 0.25) is 0 Å². The number of methoxy groups -OCH3 is 2. The van der Waals surface area contributed by atoms with Crippen LogP contribution in [0.3, 0.4) is 0 Å². The van der Waals surface area contributed by atoms with Gasteiger partial charge in [-0.15, -0.1) is 0 Å². The van der Waals surface area contributed by atoms with E-state index < -0.39 is 0 Å². The van der Waals surface area contributed by atoms with Crippen LogP contribution in [0.1, 0.15) is 66.7 Å². The molecule has 206 valence electrons. The number of ether oxygens (including phenoxy) is 4. The molecule has 1 N–H and O–H groups in total. The zero-order chi connectivity index (χ0) is 26.7. The molecule has 3 aromatic rings. The summed E-state index contributed by atoms with van der Waals surface area (Å²) in [5.74, 6) is 4.50. The van der Waals surface area contributed by atoms with Gasteiger partial charge in [0.2, 0.25) is 0 Å². The molecule has 5 nitrogen and oxygen atoms in total. The number of hydrogen-bond acceptors (Lipinski definition) is 5. The summed E-state index contributed by atoms with van der Waals surface area (Å²) >= 11 is 0. The first-order valence-corrected chi connectivity index (χ1v) is 14.4. The van der Waals surface area contributed by atoms with E-state index in [4.69, 9.17) is 18.9 Å². The maximum Gasteiger partial charge on any atom is 0.188 e. The van der Waals surface area contributed by atoms with E-state index in [0.29, 0.717) is 5.54 Å². The first kappa shape index (κ1) is 26.4. The Morgan fingerprint density at radius 2 is 1.18 bits per heavy atom. The molecule has 0 saturated heterocycles. The molecular weight excluding hydrogens is 486 g/mol. The quantitative estimate of drug-likeness (QED) is 0.205. The van der Waals surface area contributed by atoms with Gasteiger partial charge in [-0.2, -0.15) is 0 Å². The van der Waals surface area contributed by atoms with Gasteiger partial charge in [-0.25, -0.2) is 0 Å². The summed E-state index contributed by atoms with van der Waals surface area (Å²) in [6.45, 7) is 1.39. The second-order valence-electron chi connectivity index (χ2n) is 11.9. The SMILES string of the molecule is COCOc1ccc(C(c2ccc(OCOC)cc2)c2ccccc2CNC23CC4CC(CC(C4)C2)C3)cc1. The van der Waals surface area contributed by atoms with Crippen molar-refractivity contribution in [3.63, 3.8) is 0 Å². The Morgan fingerprint density at radius 3 is 1.67 bits per heavy atom. The van der Waals surface area contributed by atoms with E-state index in [1.54, 1.807) is 14.2 Å². The molecule has 0 atom stereocenters. The summed E-state index contributed by atoms with van der Waals surface area (Å²) in [4.78, 5) is 0. The molecule has 4 aliphatic carbocycles. The van der Waals surface area contributed by atoms with Gasteiger partial charge in [0.1, 0.15) is 11.5 Å². The molecule has 4 fully saturated rings. The smallest absolute Gasteiger partial charge is 0.188 e. The molecule has 4 aliphatic rings. The summed E-state index contributed by atoms with van der Waals surface area (Å²) in [6, 6.07) is 25.8. The van der Waals surface area contributed by atoms with Crippen molar-refractivity contribution >= 4 is 0 Å². The third kappa shape index (κ3) is 5.86. The lowest BCUT2D eigenvalue weighted by Gasteiger charge is -2.57. The van der Waals surface area contributed by atoms with Crippen molar-refractivity contribution in [2.45, 2.75) is 56.5 Å². The summed E-state index contributed by atoms with van der Waals surface area (Å²) < 4.78 is 21.5. The summed E-state index contributed by atoms with van der Waals surface area (Å²) in [7, 11) is 3.28. The Labute approximate surface area is 232 Å². The van der Waals surface area contributed by atoms with Crippen molar-refractivity contribution in [1.29, 1.82) is 0 Å². The average molecular weight is 528 g/mol. The van der Waals surface area contributed by atoms with Gasteiger partial charge in [-0.3, -0.25) is 0 Å². The average Bonchev–Trinajstić information content (AvgIpc) is 2.95. The highest BCUT2D eigenvalue weighted by molar-refractivity contribution is 5.48. The number of benzene rings is 3. The molecule has 3 aromatic carbocycles. The number of nitrogens with one attached hydrogen (secondary N) is 1. The molecule has 7 rings (SSSR count). The fraction of sp³-hybridized carbons (Fsp3) is 0.471. The lowest BCUT2D eigenvalue weighted by molar-refractivity contribution is -0.0206. The van der Waals surface area contributed by atoms with Crippen molar-refractivity contribution in [1.82, 2.24) is 5.32 Å². The van der Waals surface area contributed by atoms with Crippen LogP contribution < -0.4 is 14.8 Å². The standard InChI is InChI=1S/C34H41NO4/c1-36-22-38-30-11-7-27(8-12-30)33(28-9-13-31(14-10-28)39-23-37-2)32-6-4-3-5-29(32)21-35-34-18-24-15-25(19-34)17-26(16-24)20-34/h3-14,24-26,33,35H,15-23H2,1-2H3. The maximum absolute atomic E-state index is 5.67. The lowest BCUT2D eigenvalue weighted by atomic mass is 9.53. The Morgan fingerprint density at radius 1 is 0.692 bits per heavy atom. The molecule has 0 amide bonds. The number of hydrogen-bond donors (Lipinski definition) is 1. The highest BCUT2D eigenvalue weighted by atomic mass is 16.7. The molecule has 5 heteroatoms. The van der Waals surface area contributed by atoms with Gasteiger partial charge in [0.25, 0.3) is 0 Å². The lowest BCUT2D eigenvalue weighted by Crippen LogP contribution is -2.58. The first-order valence-electron chi connectivity index (χ1n) is 14.4. The van der Waals surface area contributed by atoms with E-state index in [1.807, 2.05) is 24.3 Å². The Balaban J connectivity index is 1.29. The molecule has 0 radical (unpaired) electrons. The molecule has 0 heterocycles. The Bertz CT molecular complexity index is 1140. The topological polar surface area (TPSA) is 49.0 Å². The minimum atomic E-state index is 0.0901. The van der Waals surface area contributed by atoms with E-state index in [9.17, 15) is 0 Å². The highest BCUT2D eigenvalue weighted by Crippen LogP contribution is 2.55. The fourth-order valence-corrected chi connectivity index (χ4v) is 7.91. The predicted octanol–water partition coefficient (Wildman–Crippen LogP) is 6.89. The Hall–Kier alpha value is -2.86. The first-order chi connectivity index (χ1) is 19.1.